The van der Waals surface area contributed by atoms with Crippen LogP contribution in [-0.2, 0) is 11.3 Å². The Hall–Kier alpha value is -2.63. The zero-order valence-corrected chi connectivity index (χ0v) is 12.8. The highest BCUT2D eigenvalue weighted by molar-refractivity contribution is 5.91. The average molecular weight is 313 g/mol. The molecule has 0 radical (unpaired) electrons. The monoisotopic (exact) mass is 313 g/mol. The van der Waals surface area contributed by atoms with Crippen molar-refractivity contribution < 1.29 is 14.0 Å². The van der Waals surface area contributed by atoms with Gasteiger partial charge in [0.05, 0.1) is 6.26 Å². The van der Waals surface area contributed by atoms with Crippen LogP contribution in [0.4, 0.5) is 0 Å². The molecule has 0 bridgehead atoms. The predicted octanol–water partition coefficient (Wildman–Crippen LogP) is 1.99. The SMILES string of the molecule is O=C(NCCC(=O)N(Cc1ccncc1)C1CC1)c1ccco1. The number of pyridine rings is 1. The molecular weight excluding hydrogens is 294 g/mol. The van der Waals surface area contributed by atoms with Gasteiger partial charge in [-0.25, -0.2) is 0 Å². The first-order valence-corrected chi connectivity index (χ1v) is 7.74. The number of amides is 2. The van der Waals surface area contributed by atoms with Crippen molar-refractivity contribution in [1.82, 2.24) is 15.2 Å². The Morgan fingerprint density at radius 1 is 1.26 bits per heavy atom. The lowest BCUT2D eigenvalue weighted by Gasteiger charge is -2.22. The molecule has 2 aromatic heterocycles. The molecule has 1 aliphatic rings. The van der Waals surface area contributed by atoms with Crippen molar-refractivity contribution in [3.05, 3.63) is 54.2 Å². The second kappa shape index (κ2) is 7.09. The molecule has 120 valence electrons. The van der Waals surface area contributed by atoms with Crippen LogP contribution in [0, 0.1) is 0 Å². The van der Waals surface area contributed by atoms with E-state index in [9.17, 15) is 9.59 Å². The van der Waals surface area contributed by atoms with Crippen molar-refractivity contribution in [3.8, 4) is 0 Å². The fourth-order valence-corrected chi connectivity index (χ4v) is 2.41. The molecule has 1 aliphatic carbocycles. The molecule has 2 amide bonds. The molecule has 6 heteroatoms. The number of furan rings is 1. The standard InChI is InChI=1S/C17H19N3O3/c21-16(7-10-19-17(22)15-2-1-11-23-15)20(14-3-4-14)12-13-5-8-18-9-6-13/h1-2,5-6,8-9,11,14H,3-4,7,10,12H2,(H,19,22). The quantitative estimate of drug-likeness (QED) is 0.848. The molecule has 6 nitrogen and oxygen atoms in total. The lowest BCUT2D eigenvalue weighted by molar-refractivity contribution is -0.132. The number of hydrogen-bond donors (Lipinski definition) is 1. The van der Waals surface area contributed by atoms with Gasteiger partial charge in [0.15, 0.2) is 5.76 Å². The smallest absolute Gasteiger partial charge is 0.286 e. The van der Waals surface area contributed by atoms with Gasteiger partial charge in [-0.05, 0) is 42.7 Å². The van der Waals surface area contributed by atoms with E-state index in [0.717, 1.165) is 18.4 Å². The molecule has 0 aromatic carbocycles. The van der Waals surface area contributed by atoms with Crippen LogP contribution in [0.1, 0.15) is 35.4 Å². The molecule has 0 spiro atoms. The molecule has 23 heavy (non-hydrogen) atoms. The number of nitrogens with one attached hydrogen (secondary N) is 1. The van der Waals surface area contributed by atoms with E-state index in [4.69, 9.17) is 4.42 Å². The van der Waals surface area contributed by atoms with E-state index < -0.39 is 0 Å². The highest BCUT2D eigenvalue weighted by Crippen LogP contribution is 2.28. The summed E-state index contributed by atoms with van der Waals surface area (Å²) in [6, 6.07) is 7.42. The summed E-state index contributed by atoms with van der Waals surface area (Å²) < 4.78 is 5.01. The summed E-state index contributed by atoms with van der Waals surface area (Å²) in [6.07, 6.45) is 7.30. The Labute approximate surface area is 134 Å². The van der Waals surface area contributed by atoms with Gasteiger partial charge in [-0.2, -0.15) is 0 Å². The van der Waals surface area contributed by atoms with Crippen molar-refractivity contribution >= 4 is 11.8 Å². The number of nitrogens with zero attached hydrogens (tertiary/aromatic N) is 2. The molecular formula is C17H19N3O3. The summed E-state index contributed by atoms with van der Waals surface area (Å²) in [4.78, 5) is 30.1. The second-order valence-electron chi connectivity index (χ2n) is 5.59. The Balaban J connectivity index is 1.50. The molecule has 0 atom stereocenters. The van der Waals surface area contributed by atoms with Gasteiger partial charge in [0.25, 0.3) is 5.91 Å². The van der Waals surface area contributed by atoms with Gasteiger partial charge in [0.2, 0.25) is 5.91 Å². The summed E-state index contributed by atoms with van der Waals surface area (Å²) in [7, 11) is 0. The summed E-state index contributed by atoms with van der Waals surface area (Å²) in [5.41, 5.74) is 1.07. The Kier molecular flexibility index (Phi) is 4.71. The van der Waals surface area contributed by atoms with E-state index in [1.807, 2.05) is 17.0 Å². The highest BCUT2D eigenvalue weighted by atomic mass is 16.3. The predicted molar refractivity (Wildman–Crippen MR) is 83.5 cm³/mol. The van der Waals surface area contributed by atoms with Crippen molar-refractivity contribution in [2.75, 3.05) is 6.54 Å². The van der Waals surface area contributed by atoms with Gasteiger partial charge in [-0.15, -0.1) is 0 Å². The third kappa shape index (κ3) is 4.18. The lowest BCUT2D eigenvalue weighted by Crippen LogP contribution is -2.35. The van der Waals surface area contributed by atoms with E-state index in [2.05, 4.69) is 10.3 Å². The summed E-state index contributed by atoms with van der Waals surface area (Å²) in [6.45, 7) is 0.899. The fraction of sp³-hybridized carbons (Fsp3) is 0.353. The third-order valence-corrected chi connectivity index (χ3v) is 3.78. The van der Waals surface area contributed by atoms with Crippen molar-refractivity contribution in [1.29, 1.82) is 0 Å². The van der Waals surface area contributed by atoms with Crippen LogP contribution in [0.2, 0.25) is 0 Å². The largest absolute Gasteiger partial charge is 0.459 e. The minimum absolute atomic E-state index is 0.0593. The topological polar surface area (TPSA) is 75.4 Å². The Morgan fingerprint density at radius 2 is 2.04 bits per heavy atom. The van der Waals surface area contributed by atoms with Crippen molar-refractivity contribution in [2.45, 2.75) is 31.8 Å². The van der Waals surface area contributed by atoms with Gasteiger partial charge in [-0.1, -0.05) is 0 Å². The molecule has 0 unspecified atom stereocenters. The van der Waals surface area contributed by atoms with Gasteiger partial charge >= 0.3 is 0 Å². The van der Waals surface area contributed by atoms with Crippen LogP contribution in [0.15, 0.2) is 47.3 Å². The number of aromatic nitrogens is 1. The number of hydrogen-bond acceptors (Lipinski definition) is 4. The Bertz CT molecular complexity index is 651. The number of carbonyl (C=O) groups is 2. The summed E-state index contributed by atoms with van der Waals surface area (Å²) in [5.74, 6) is 0.0206. The average Bonchev–Trinajstić information content (AvgIpc) is 3.26. The van der Waals surface area contributed by atoms with E-state index >= 15 is 0 Å². The van der Waals surface area contributed by atoms with Crippen LogP contribution < -0.4 is 5.32 Å². The maximum atomic E-state index is 12.4. The van der Waals surface area contributed by atoms with Crippen LogP contribution in [-0.4, -0.2) is 34.3 Å². The molecule has 1 N–H and O–H groups in total. The van der Waals surface area contributed by atoms with E-state index in [0.29, 0.717) is 19.1 Å². The first-order valence-electron chi connectivity index (χ1n) is 7.74. The van der Waals surface area contributed by atoms with Crippen molar-refractivity contribution in [3.63, 3.8) is 0 Å². The van der Waals surface area contributed by atoms with Crippen LogP contribution in [0.3, 0.4) is 0 Å². The second-order valence-corrected chi connectivity index (χ2v) is 5.59. The fourth-order valence-electron chi connectivity index (χ4n) is 2.41. The molecule has 2 heterocycles. The lowest BCUT2D eigenvalue weighted by atomic mass is 10.2. The Morgan fingerprint density at radius 3 is 2.70 bits per heavy atom. The van der Waals surface area contributed by atoms with Crippen molar-refractivity contribution in [2.24, 2.45) is 0 Å². The molecule has 3 rings (SSSR count). The maximum Gasteiger partial charge on any atom is 0.286 e. The van der Waals surface area contributed by atoms with Gasteiger partial charge < -0.3 is 14.6 Å². The van der Waals surface area contributed by atoms with Crippen LogP contribution in [0.25, 0.3) is 0 Å². The summed E-state index contributed by atoms with van der Waals surface area (Å²) in [5, 5.41) is 2.70. The van der Waals surface area contributed by atoms with Crippen LogP contribution in [0.5, 0.6) is 0 Å². The van der Waals surface area contributed by atoms with Crippen LogP contribution >= 0.6 is 0 Å². The molecule has 2 aromatic rings. The van der Waals surface area contributed by atoms with Gasteiger partial charge in [-0.3, -0.25) is 14.6 Å². The minimum Gasteiger partial charge on any atom is -0.459 e. The highest BCUT2D eigenvalue weighted by Gasteiger charge is 2.32. The third-order valence-electron chi connectivity index (χ3n) is 3.78. The van der Waals surface area contributed by atoms with E-state index in [1.165, 1.54) is 6.26 Å². The van der Waals surface area contributed by atoms with Gasteiger partial charge in [0.1, 0.15) is 0 Å². The summed E-state index contributed by atoms with van der Waals surface area (Å²) >= 11 is 0. The van der Waals surface area contributed by atoms with E-state index in [-0.39, 0.29) is 24.0 Å². The first-order chi connectivity index (χ1) is 11.2. The van der Waals surface area contributed by atoms with Gasteiger partial charge in [0, 0.05) is 37.9 Å². The number of carbonyl (C=O) groups excluding carboxylic acids is 2. The molecule has 1 fully saturated rings. The maximum absolute atomic E-state index is 12.4. The molecule has 0 saturated heterocycles. The molecule has 1 saturated carbocycles. The normalized spacial score (nSPS) is 13.6. The zero-order chi connectivity index (χ0) is 16.1. The first kappa shape index (κ1) is 15.3. The van der Waals surface area contributed by atoms with E-state index in [1.54, 1.807) is 24.5 Å². The number of rotatable bonds is 7. The zero-order valence-electron chi connectivity index (χ0n) is 12.8. The minimum atomic E-state index is -0.296. The molecule has 0 aliphatic heterocycles.